The third-order valence-corrected chi connectivity index (χ3v) is 11.6. The molecule has 0 aliphatic heterocycles. The zero-order chi connectivity index (χ0) is 45.9. The van der Waals surface area contributed by atoms with Gasteiger partial charge in [0.25, 0.3) is 0 Å². The van der Waals surface area contributed by atoms with Gasteiger partial charge < -0.3 is 20.3 Å². The number of esters is 1. The highest BCUT2D eigenvalue weighted by molar-refractivity contribution is 5.77. The van der Waals surface area contributed by atoms with Gasteiger partial charge in [0, 0.05) is 6.42 Å². The van der Waals surface area contributed by atoms with Crippen LogP contribution < -0.4 is 5.32 Å². The summed E-state index contributed by atoms with van der Waals surface area (Å²) in [4.78, 5) is 26.1. The molecule has 0 bridgehead atoms. The highest BCUT2D eigenvalue weighted by Gasteiger charge is 2.24. The van der Waals surface area contributed by atoms with Crippen LogP contribution in [0, 0.1) is 0 Å². The van der Waals surface area contributed by atoms with Gasteiger partial charge in [-0.05, 0) is 64.2 Å². The van der Waals surface area contributed by atoms with Gasteiger partial charge in [0.2, 0.25) is 5.91 Å². The molecule has 0 spiro atoms. The lowest BCUT2D eigenvalue weighted by atomic mass is 10.0. The second kappa shape index (κ2) is 50.0. The molecule has 63 heavy (non-hydrogen) atoms. The number of rotatable bonds is 46. The van der Waals surface area contributed by atoms with E-state index in [1.54, 1.807) is 0 Å². The SMILES string of the molecule is CC/C=C/C=C/C=C\C=C/C=C/CCCC(CC(=O)NC(CO)C(O)CCCCCCCCCCCCCCC)OC(=O)CCCCCCC/C=C/C=C/CCCCCCCCC. The molecule has 3 N–H and O–H groups in total. The number of nitrogens with one attached hydrogen (secondary N) is 1. The molecule has 0 aliphatic rings. The van der Waals surface area contributed by atoms with Crippen LogP contribution in [0.25, 0.3) is 0 Å². The summed E-state index contributed by atoms with van der Waals surface area (Å²) in [6.45, 7) is 6.31. The van der Waals surface area contributed by atoms with Crippen molar-refractivity contribution in [1.29, 1.82) is 0 Å². The fourth-order valence-electron chi connectivity index (χ4n) is 7.62. The van der Waals surface area contributed by atoms with Crippen LogP contribution in [-0.2, 0) is 14.3 Å². The molecule has 0 saturated carbocycles. The summed E-state index contributed by atoms with van der Waals surface area (Å²) < 4.78 is 5.89. The largest absolute Gasteiger partial charge is 0.462 e. The highest BCUT2D eigenvalue weighted by atomic mass is 16.5. The monoisotopic (exact) mass is 878 g/mol. The van der Waals surface area contributed by atoms with Crippen molar-refractivity contribution in [2.24, 2.45) is 0 Å². The molecular formula is C57H99NO5. The molecule has 6 nitrogen and oxygen atoms in total. The molecule has 3 unspecified atom stereocenters. The van der Waals surface area contributed by atoms with Crippen molar-refractivity contribution < 1.29 is 24.5 Å². The fourth-order valence-corrected chi connectivity index (χ4v) is 7.62. The van der Waals surface area contributed by atoms with Gasteiger partial charge in [-0.2, -0.15) is 0 Å². The normalized spacial score (nSPS) is 13.9. The lowest BCUT2D eigenvalue weighted by molar-refractivity contribution is -0.151. The van der Waals surface area contributed by atoms with E-state index in [0.717, 1.165) is 77.0 Å². The molecule has 0 aromatic heterocycles. The summed E-state index contributed by atoms with van der Waals surface area (Å²) in [6.07, 6.45) is 65.1. The molecule has 0 saturated heterocycles. The van der Waals surface area contributed by atoms with E-state index in [4.69, 9.17) is 4.74 Å². The number of unbranched alkanes of at least 4 members (excludes halogenated alkanes) is 25. The molecule has 0 fully saturated rings. The third kappa shape index (κ3) is 45.4. The summed E-state index contributed by atoms with van der Waals surface area (Å²) >= 11 is 0. The van der Waals surface area contributed by atoms with Gasteiger partial charge in [0.15, 0.2) is 0 Å². The number of allylic oxidation sites excluding steroid dienone is 14. The number of hydrogen-bond acceptors (Lipinski definition) is 5. The summed E-state index contributed by atoms with van der Waals surface area (Å²) in [5.41, 5.74) is 0. The van der Waals surface area contributed by atoms with E-state index >= 15 is 0 Å². The Bertz CT molecular complexity index is 1210. The molecule has 0 radical (unpaired) electrons. The number of ether oxygens (including phenoxy) is 1. The Morgan fingerprint density at radius 3 is 1.35 bits per heavy atom. The number of carbonyl (C=O) groups is 2. The van der Waals surface area contributed by atoms with Crippen molar-refractivity contribution in [3.05, 3.63) is 85.1 Å². The lowest BCUT2D eigenvalue weighted by Crippen LogP contribution is -2.46. The van der Waals surface area contributed by atoms with Crippen LogP contribution in [0.4, 0.5) is 0 Å². The summed E-state index contributed by atoms with van der Waals surface area (Å²) in [5.74, 6) is -0.567. The predicted octanol–water partition coefficient (Wildman–Crippen LogP) is 16.0. The van der Waals surface area contributed by atoms with Crippen LogP contribution in [0.3, 0.4) is 0 Å². The molecule has 0 aromatic rings. The van der Waals surface area contributed by atoms with Crippen LogP contribution in [0.15, 0.2) is 85.1 Å². The Labute approximate surface area is 389 Å². The van der Waals surface area contributed by atoms with Crippen molar-refractivity contribution in [3.63, 3.8) is 0 Å². The highest BCUT2D eigenvalue weighted by Crippen LogP contribution is 2.17. The minimum Gasteiger partial charge on any atom is -0.462 e. The molecular weight excluding hydrogens is 779 g/mol. The molecule has 6 heteroatoms. The van der Waals surface area contributed by atoms with Crippen molar-refractivity contribution in [2.75, 3.05) is 6.61 Å². The molecule has 0 rings (SSSR count). The van der Waals surface area contributed by atoms with Crippen LogP contribution in [0.5, 0.6) is 0 Å². The molecule has 0 heterocycles. The van der Waals surface area contributed by atoms with Gasteiger partial charge in [-0.25, -0.2) is 0 Å². The third-order valence-electron chi connectivity index (χ3n) is 11.6. The van der Waals surface area contributed by atoms with E-state index in [1.807, 2.05) is 48.6 Å². The first kappa shape index (κ1) is 60.0. The Hall–Kier alpha value is -2.96. The first-order chi connectivity index (χ1) is 31.0. The second-order valence-corrected chi connectivity index (χ2v) is 17.7. The average molecular weight is 878 g/mol. The standard InChI is InChI=1S/C57H99NO5/c1-4-7-10-13-16-19-22-25-26-27-28-29-32-35-38-41-44-47-50-57(62)63-53(48-45-42-39-36-33-30-23-20-17-14-11-8-5-2)51-56(61)58-54(52-59)55(60)49-46-43-40-37-34-31-24-21-18-15-12-9-6-3/h8,11,14,17,20,23,26-30,33,36,39,53-55,59-60H,4-7,9-10,12-13,15-16,18-19,21-22,24-25,31-32,34-35,37-38,40-52H2,1-3H3,(H,58,61)/b11-8+,17-14+,23-20-,27-26+,29-28+,33-30-,39-36+. The lowest BCUT2D eigenvalue weighted by Gasteiger charge is -2.24. The van der Waals surface area contributed by atoms with Crippen LogP contribution in [0.2, 0.25) is 0 Å². The molecule has 3 atom stereocenters. The van der Waals surface area contributed by atoms with Gasteiger partial charge in [-0.15, -0.1) is 0 Å². The second-order valence-electron chi connectivity index (χ2n) is 17.7. The summed E-state index contributed by atoms with van der Waals surface area (Å²) in [5, 5.41) is 23.7. The predicted molar refractivity (Wildman–Crippen MR) is 273 cm³/mol. The Balaban J connectivity index is 4.68. The van der Waals surface area contributed by atoms with Crippen molar-refractivity contribution in [2.45, 2.75) is 257 Å². The minimum absolute atomic E-state index is 0.0188. The van der Waals surface area contributed by atoms with Gasteiger partial charge in [0.1, 0.15) is 6.10 Å². The minimum atomic E-state index is -0.813. The number of aliphatic hydroxyl groups is 2. The maximum absolute atomic E-state index is 13.2. The Morgan fingerprint density at radius 2 is 0.873 bits per heavy atom. The van der Waals surface area contributed by atoms with Crippen LogP contribution >= 0.6 is 0 Å². The first-order valence-corrected chi connectivity index (χ1v) is 26.4. The number of carbonyl (C=O) groups excluding carboxylic acids is 2. The van der Waals surface area contributed by atoms with Crippen LogP contribution in [-0.4, -0.2) is 46.9 Å². The number of amides is 1. The maximum atomic E-state index is 13.2. The number of hydrogen-bond donors (Lipinski definition) is 3. The molecule has 0 aromatic carbocycles. The van der Waals surface area contributed by atoms with Crippen molar-refractivity contribution >= 4 is 11.9 Å². The van der Waals surface area contributed by atoms with Crippen molar-refractivity contribution in [3.8, 4) is 0 Å². The average Bonchev–Trinajstić information content (AvgIpc) is 3.28. The zero-order valence-electron chi connectivity index (χ0n) is 41.2. The van der Waals surface area contributed by atoms with Crippen LogP contribution in [0.1, 0.15) is 239 Å². The zero-order valence-corrected chi connectivity index (χ0v) is 41.2. The summed E-state index contributed by atoms with van der Waals surface area (Å²) in [7, 11) is 0. The quantitative estimate of drug-likeness (QED) is 0.0322. The Morgan fingerprint density at radius 1 is 0.476 bits per heavy atom. The van der Waals surface area contributed by atoms with E-state index in [1.165, 1.54) is 116 Å². The fraction of sp³-hybridized carbons (Fsp3) is 0.719. The van der Waals surface area contributed by atoms with E-state index in [-0.39, 0.29) is 24.9 Å². The number of aliphatic hydroxyl groups excluding tert-OH is 2. The van der Waals surface area contributed by atoms with Gasteiger partial charge in [-0.1, -0.05) is 247 Å². The van der Waals surface area contributed by atoms with E-state index in [2.05, 4.69) is 62.5 Å². The topological polar surface area (TPSA) is 95.9 Å². The Kier molecular flexibility index (Phi) is 47.7. The van der Waals surface area contributed by atoms with Crippen molar-refractivity contribution in [1.82, 2.24) is 5.32 Å². The van der Waals surface area contributed by atoms with E-state index in [9.17, 15) is 19.8 Å². The molecule has 0 aliphatic carbocycles. The maximum Gasteiger partial charge on any atom is 0.306 e. The van der Waals surface area contributed by atoms with Gasteiger partial charge in [-0.3, -0.25) is 9.59 Å². The van der Waals surface area contributed by atoms with E-state index < -0.39 is 18.2 Å². The first-order valence-electron chi connectivity index (χ1n) is 26.4. The summed E-state index contributed by atoms with van der Waals surface area (Å²) in [6, 6.07) is -0.732. The smallest absolute Gasteiger partial charge is 0.306 e. The molecule has 362 valence electrons. The van der Waals surface area contributed by atoms with E-state index in [0.29, 0.717) is 19.3 Å². The van der Waals surface area contributed by atoms with Gasteiger partial charge in [0.05, 0.1) is 25.2 Å². The van der Waals surface area contributed by atoms with Gasteiger partial charge >= 0.3 is 5.97 Å². The molecule has 1 amide bonds.